The molecular formula is C45H48BClN2. The van der Waals surface area contributed by atoms with Crippen LogP contribution in [0.2, 0.25) is 5.02 Å². The Labute approximate surface area is 297 Å². The second kappa shape index (κ2) is 8.89. The van der Waals surface area contributed by atoms with Crippen LogP contribution in [0.25, 0.3) is 27.8 Å². The zero-order valence-corrected chi connectivity index (χ0v) is 31.7. The smallest absolute Gasteiger partial charge is 0.252 e. The highest BCUT2D eigenvalue weighted by molar-refractivity contribution is 7.00. The monoisotopic (exact) mass is 662 g/mol. The average Bonchev–Trinajstić information content (AvgIpc) is 3.57. The molecule has 3 aliphatic heterocycles. The van der Waals surface area contributed by atoms with Gasteiger partial charge in [0.2, 0.25) is 0 Å². The minimum absolute atomic E-state index is 0.00415. The van der Waals surface area contributed by atoms with Crippen molar-refractivity contribution in [1.82, 2.24) is 4.57 Å². The van der Waals surface area contributed by atoms with Gasteiger partial charge in [0, 0.05) is 49.4 Å². The summed E-state index contributed by atoms with van der Waals surface area (Å²) in [5.41, 5.74) is 19.8. The van der Waals surface area contributed by atoms with Crippen LogP contribution in [0, 0.1) is 0 Å². The third-order valence-electron chi connectivity index (χ3n) is 14.0. The van der Waals surface area contributed by atoms with Crippen molar-refractivity contribution in [2.75, 3.05) is 4.90 Å². The van der Waals surface area contributed by atoms with Gasteiger partial charge in [-0.15, -0.1) is 0 Å². The zero-order valence-electron chi connectivity index (χ0n) is 31.0. The molecule has 49 heavy (non-hydrogen) atoms. The molecule has 1 aromatic heterocycles. The SMILES string of the molecule is CC(C)(C)c1cc2c3c(c1)C1(C)CCCCC1(C)N3c1cc(Cl)cc3c1B2c1cc(C(C)(C)C)cc2c4c(n-3c12)-c1ccccc1C4(C)C. The van der Waals surface area contributed by atoms with Crippen LogP contribution < -0.4 is 21.3 Å². The van der Waals surface area contributed by atoms with Crippen molar-refractivity contribution in [2.24, 2.45) is 0 Å². The summed E-state index contributed by atoms with van der Waals surface area (Å²) in [4.78, 5) is 2.81. The highest BCUT2D eigenvalue weighted by Crippen LogP contribution is 2.62. The highest BCUT2D eigenvalue weighted by Gasteiger charge is 2.61. The molecule has 248 valence electrons. The minimum Gasteiger partial charge on any atom is -0.335 e. The summed E-state index contributed by atoms with van der Waals surface area (Å²) in [7, 11) is 0. The maximum absolute atomic E-state index is 7.32. The number of aromatic nitrogens is 1. The van der Waals surface area contributed by atoms with Crippen LogP contribution >= 0.6 is 11.6 Å². The number of halogens is 1. The molecule has 10 rings (SSSR count). The van der Waals surface area contributed by atoms with E-state index in [1.807, 2.05) is 0 Å². The Balaban J connectivity index is 1.43. The summed E-state index contributed by atoms with van der Waals surface area (Å²) in [6.07, 6.45) is 4.95. The lowest BCUT2D eigenvalue weighted by molar-refractivity contribution is 0.195. The molecule has 4 aromatic carbocycles. The molecule has 4 heteroatoms. The van der Waals surface area contributed by atoms with E-state index in [0.29, 0.717) is 0 Å². The van der Waals surface area contributed by atoms with Crippen molar-refractivity contribution in [2.45, 2.75) is 122 Å². The standard InChI is InChI=1S/C45H48BClN2/c1-41(2,3)25-19-29-36-39(28-15-11-12-16-30(28)43(36,7)8)48-34-23-27(47)24-35-37(34)46(32(21-25)38(29)48)33-22-26(42(4,5)6)20-31-40(33)49(35)45(10)18-14-13-17-44(31,45)9/h11-12,15-16,19-24H,13-14,17-18H2,1-10H3. The first kappa shape index (κ1) is 30.4. The van der Waals surface area contributed by atoms with E-state index in [2.05, 4.69) is 139 Å². The van der Waals surface area contributed by atoms with Crippen molar-refractivity contribution in [3.8, 4) is 16.9 Å². The van der Waals surface area contributed by atoms with Gasteiger partial charge in [0.1, 0.15) is 0 Å². The van der Waals surface area contributed by atoms with Gasteiger partial charge in [-0.2, -0.15) is 0 Å². The average molecular weight is 663 g/mol. The van der Waals surface area contributed by atoms with Gasteiger partial charge in [-0.1, -0.05) is 129 Å². The third-order valence-corrected chi connectivity index (χ3v) is 14.2. The first-order valence-corrected chi connectivity index (χ1v) is 19.0. The van der Waals surface area contributed by atoms with E-state index >= 15 is 0 Å². The normalized spacial score (nSPS) is 23.7. The number of rotatable bonds is 0. The Morgan fingerprint density at radius 2 is 1.39 bits per heavy atom. The topological polar surface area (TPSA) is 8.17 Å². The van der Waals surface area contributed by atoms with Crippen LogP contribution in [0.4, 0.5) is 11.4 Å². The molecule has 5 aliphatic rings. The van der Waals surface area contributed by atoms with Gasteiger partial charge in [-0.25, -0.2) is 0 Å². The van der Waals surface area contributed by atoms with E-state index in [1.54, 1.807) is 5.56 Å². The lowest BCUT2D eigenvalue weighted by Gasteiger charge is -2.52. The van der Waals surface area contributed by atoms with Gasteiger partial charge in [-0.3, -0.25) is 0 Å². The van der Waals surface area contributed by atoms with Gasteiger partial charge < -0.3 is 9.47 Å². The predicted molar refractivity (Wildman–Crippen MR) is 211 cm³/mol. The molecule has 1 fully saturated rings. The fourth-order valence-electron chi connectivity index (χ4n) is 11.2. The summed E-state index contributed by atoms with van der Waals surface area (Å²) in [6, 6.07) is 24.1. The largest absolute Gasteiger partial charge is 0.335 e. The number of fused-ring (bicyclic) bond motifs is 12. The maximum Gasteiger partial charge on any atom is 0.252 e. The fourth-order valence-corrected chi connectivity index (χ4v) is 11.4. The van der Waals surface area contributed by atoms with Crippen molar-refractivity contribution in [3.63, 3.8) is 0 Å². The van der Waals surface area contributed by atoms with Crippen LogP contribution in [0.3, 0.4) is 0 Å². The molecule has 0 radical (unpaired) electrons. The molecule has 1 saturated carbocycles. The molecule has 0 N–H and O–H groups in total. The molecule has 0 amide bonds. The van der Waals surface area contributed by atoms with E-state index in [1.165, 1.54) is 104 Å². The number of hydrogen-bond acceptors (Lipinski definition) is 1. The van der Waals surface area contributed by atoms with E-state index < -0.39 is 0 Å². The van der Waals surface area contributed by atoms with Crippen LogP contribution in [0.5, 0.6) is 0 Å². The molecule has 4 heterocycles. The molecule has 2 atom stereocenters. The predicted octanol–water partition coefficient (Wildman–Crippen LogP) is 10.1. The molecule has 0 bridgehead atoms. The lowest BCUT2D eigenvalue weighted by atomic mass is 9.33. The molecule has 2 aliphatic carbocycles. The zero-order chi connectivity index (χ0) is 34.4. The molecule has 2 nitrogen and oxygen atoms in total. The number of hydrogen-bond donors (Lipinski definition) is 0. The van der Waals surface area contributed by atoms with Crippen LogP contribution in [-0.2, 0) is 21.7 Å². The van der Waals surface area contributed by atoms with Crippen LogP contribution in [0.1, 0.15) is 123 Å². The number of anilines is 2. The molecule has 5 aromatic rings. The first-order valence-electron chi connectivity index (χ1n) is 18.6. The summed E-state index contributed by atoms with van der Waals surface area (Å²) >= 11 is 7.32. The van der Waals surface area contributed by atoms with Crippen molar-refractivity contribution in [1.29, 1.82) is 0 Å². The number of nitrogens with zero attached hydrogens (tertiary/aromatic N) is 2. The van der Waals surface area contributed by atoms with E-state index in [9.17, 15) is 0 Å². The summed E-state index contributed by atoms with van der Waals surface area (Å²) in [5.74, 6) is 0. The Bertz CT molecular complexity index is 2350. The molecular weight excluding hydrogens is 615 g/mol. The molecule has 0 saturated heterocycles. The Hall–Kier alpha value is -3.43. The van der Waals surface area contributed by atoms with Gasteiger partial charge in [0.05, 0.1) is 11.2 Å². The highest BCUT2D eigenvalue weighted by atomic mass is 35.5. The van der Waals surface area contributed by atoms with Crippen molar-refractivity contribution >= 4 is 57.0 Å². The molecule has 2 unspecified atom stereocenters. The molecule has 0 spiro atoms. The van der Waals surface area contributed by atoms with Gasteiger partial charge in [0.25, 0.3) is 6.71 Å². The number of benzene rings is 4. The van der Waals surface area contributed by atoms with E-state index in [-0.39, 0.29) is 33.9 Å². The van der Waals surface area contributed by atoms with Crippen LogP contribution in [0.15, 0.2) is 60.7 Å². The van der Waals surface area contributed by atoms with Crippen molar-refractivity contribution < 1.29 is 0 Å². The Morgan fingerprint density at radius 1 is 0.735 bits per heavy atom. The van der Waals surface area contributed by atoms with Gasteiger partial charge in [-0.05, 0) is 93.0 Å². The van der Waals surface area contributed by atoms with Gasteiger partial charge >= 0.3 is 0 Å². The Kier molecular flexibility index (Phi) is 5.52. The van der Waals surface area contributed by atoms with Crippen LogP contribution in [-0.4, -0.2) is 16.8 Å². The summed E-state index contributed by atoms with van der Waals surface area (Å²) in [6.45, 7) is 24.5. The fraction of sp³-hybridized carbons (Fsp3) is 0.422. The van der Waals surface area contributed by atoms with E-state index in [4.69, 9.17) is 11.6 Å². The lowest BCUT2D eigenvalue weighted by Crippen LogP contribution is -2.64. The first-order chi connectivity index (χ1) is 23.0. The third kappa shape index (κ3) is 3.43. The van der Waals surface area contributed by atoms with E-state index in [0.717, 1.165) is 5.02 Å². The minimum atomic E-state index is -0.121. The Morgan fingerprint density at radius 3 is 2.12 bits per heavy atom. The second-order valence-electron chi connectivity index (χ2n) is 19.1. The second-order valence-corrected chi connectivity index (χ2v) is 19.5. The maximum atomic E-state index is 7.32. The summed E-state index contributed by atoms with van der Waals surface area (Å²) < 4.78 is 2.65. The van der Waals surface area contributed by atoms with Gasteiger partial charge in [0.15, 0.2) is 0 Å². The van der Waals surface area contributed by atoms with Crippen molar-refractivity contribution in [3.05, 3.63) is 93.5 Å². The summed E-state index contributed by atoms with van der Waals surface area (Å²) in [5, 5.41) is 2.23. The quantitative estimate of drug-likeness (QED) is 0.147.